The van der Waals surface area contributed by atoms with Crippen LogP contribution in [0.4, 0.5) is 0 Å². The van der Waals surface area contributed by atoms with Crippen molar-refractivity contribution in [1.82, 2.24) is 19.5 Å². The third kappa shape index (κ3) is 1.90. The molecule has 5 nitrogen and oxygen atoms in total. The lowest BCUT2D eigenvalue weighted by Gasteiger charge is -2.10. The molecule has 1 aliphatic rings. The molecule has 18 heavy (non-hydrogen) atoms. The molecule has 0 saturated heterocycles. The van der Waals surface area contributed by atoms with Crippen molar-refractivity contribution in [1.29, 1.82) is 0 Å². The normalized spacial score (nSPS) is 16.5. The lowest BCUT2D eigenvalue weighted by atomic mass is 10.1. The molecule has 0 amide bonds. The number of methoxy groups -OCH3 is 1. The van der Waals surface area contributed by atoms with Crippen molar-refractivity contribution in [3.8, 4) is 5.88 Å². The van der Waals surface area contributed by atoms with Crippen LogP contribution in [-0.4, -0.2) is 26.6 Å². The van der Waals surface area contributed by atoms with Crippen molar-refractivity contribution in [2.24, 2.45) is 5.92 Å². The number of nitrogens with one attached hydrogen (secondary N) is 1. The fourth-order valence-electron chi connectivity index (χ4n) is 2.72. The number of aromatic nitrogens is 4. The van der Waals surface area contributed by atoms with Crippen LogP contribution in [0.15, 0.2) is 6.33 Å². The van der Waals surface area contributed by atoms with Gasteiger partial charge in [-0.25, -0.2) is 4.98 Å². The lowest BCUT2D eigenvalue weighted by molar-refractivity contribution is 0.401. The zero-order chi connectivity index (χ0) is 12.5. The molecule has 1 saturated carbocycles. The maximum Gasteiger partial charge on any atom is 0.242 e. The highest BCUT2D eigenvalue weighted by molar-refractivity contribution is 7.71. The van der Waals surface area contributed by atoms with E-state index in [1.165, 1.54) is 32.0 Å². The maximum atomic E-state index is 5.38. The average Bonchev–Trinajstić information content (AvgIpc) is 2.99. The zero-order valence-electron chi connectivity index (χ0n) is 10.3. The first-order valence-electron chi connectivity index (χ1n) is 6.27. The summed E-state index contributed by atoms with van der Waals surface area (Å²) in [6.45, 7) is 0.943. The second-order valence-corrected chi connectivity index (χ2v) is 5.16. The first-order chi connectivity index (χ1) is 8.79. The van der Waals surface area contributed by atoms with E-state index in [1.54, 1.807) is 7.11 Å². The van der Waals surface area contributed by atoms with E-state index in [9.17, 15) is 0 Å². The Morgan fingerprint density at radius 2 is 2.22 bits per heavy atom. The minimum atomic E-state index is 0.552. The number of aromatic amines is 1. The molecule has 0 unspecified atom stereocenters. The summed E-state index contributed by atoms with van der Waals surface area (Å²) in [4.78, 5) is 11.6. The third-order valence-corrected chi connectivity index (χ3v) is 3.96. The second kappa shape index (κ2) is 4.68. The molecule has 1 N–H and O–H groups in total. The first kappa shape index (κ1) is 11.6. The van der Waals surface area contributed by atoms with Gasteiger partial charge in [0, 0.05) is 6.54 Å². The summed E-state index contributed by atoms with van der Waals surface area (Å²) in [6, 6.07) is 0. The molecule has 1 fully saturated rings. The summed E-state index contributed by atoms with van der Waals surface area (Å²) in [6.07, 6.45) is 6.76. The third-order valence-electron chi connectivity index (χ3n) is 3.63. The highest BCUT2D eigenvalue weighted by atomic mass is 32.1. The van der Waals surface area contributed by atoms with Crippen molar-refractivity contribution >= 4 is 23.4 Å². The Morgan fingerprint density at radius 3 is 2.94 bits per heavy atom. The predicted molar refractivity (Wildman–Crippen MR) is 71.2 cm³/mol. The molecule has 6 heteroatoms. The van der Waals surface area contributed by atoms with Crippen molar-refractivity contribution in [3.05, 3.63) is 11.1 Å². The smallest absolute Gasteiger partial charge is 0.242 e. The van der Waals surface area contributed by atoms with Crippen LogP contribution in [0.5, 0.6) is 5.88 Å². The van der Waals surface area contributed by atoms with E-state index in [4.69, 9.17) is 17.0 Å². The maximum absolute atomic E-state index is 5.38. The van der Waals surface area contributed by atoms with E-state index in [1.807, 2.05) is 0 Å². The van der Waals surface area contributed by atoms with E-state index in [0.29, 0.717) is 10.7 Å². The number of nitrogens with zero attached hydrogens (tertiary/aromatic N) is 3. The number of hydrogen-bond donors (Lipinski definition) is 1. The van der Waals surface area contributed by atoms with Crippen molar-refractivity contribution in [3.63, 3.8) is 0 Å². The summed E-state index contributed by atoms with van der Waals surface area (Å²) in [7, 11) is 1.60. The van der Waals surface area contributed by atoms with Gasteiger partial charge >= 0.3 is 0 Å². The molecule has 2 heterocycles. The minimum absolute atomic E-state index is 0.552. The van der Waals surface area contributed by atoms with Crippen LogP contribution >= 0.6 is 12.2 Å². The molecular formula is C12H16N4OS. The Hall–Kier alpha value is -1.43. The lowest BCUT2D eigenvalue weighted by Crippen LogP contribution is -2.08. The Balaban J connectivity index is 2.05. The molecular weight excluding hydrogens is 248 g/mol. The van der Waals surface area contributed by atoms with E-state index >= 15 is 0 Å². The number of imidazole rings is 1. The number of hydrogen-bond acceptors (Lipinski definition) is 4. The SMILES string of the molecule is COc1ncnc2c1[nH]c(=S)n2CC1CCCC1. The van der Waals surface area contributed by atoms with Crippen LogP contribution in [0.2, 0.25) is 0 Å². The van der Waals surface area contributed by atoms with Gasteiger partial charge in [0.15, 0.2) is 10.4 Å². The highest BCUT2D eigenvalue weighted by Gasteiger charge is 2.18. The van der Waals surface area contributed by atoms with Crippen LogP contribution in [0.3, 0.4) is 0 Å². The molecule has 2 aromatic rings. The first-order valence-corrected chi connectivity index (χ1v) is 6.68. The molecule has 0 spiro atoms. The van der Waals surface area contributed by atoms with Gasteiger partial charge in [0.2, 0.25) is 5.88 Å². The van der Waals surface area contributed by atoms with Gasteiger partial charge in [0.05, 0.1) is 7.11 Å². The second-order valence-electron chi connectivity index (χ2n) is 4.77. The standard InChI is InChI=1S/C12H16N4OS/c1-17-11-9-10(13-7-14-11)16(12(18)15-9)6-8-4-2-3-5-8/h7-8H,2-6H2,1H3,(H,15,18). The van der Waals surface area contributed by atoms with Gasteiger partial charge in [-0.1, -0.05) is 12.8 Å². The number of ether oxygens (including phenoxy) is 1. The quantitative estimate of drug-likeness (QED) is 0.866. The van der Waals surface area contributed by atoms with Gasteiger partial charge in [-0.05, 0) is 31.0 Å². The van der Waals surface area contributed by atoms with Crippen molar-refractivity contribution < 1.29 is 4.74 Å². The predicted octanol–water partition coefficient (Wildman–Crippen LogP) is 2.69. The Kier molecular flexibility index (Phi) is 3.03. The largest absolute Gasteiger partial charge is 0.479 e. The van der Waals surface area contributed by atoms with Crippen LogP contribution in [0.25, 0.3) is 11.2 Å². The van der Waals surface area contributed by atoms with Crippen molar-refractivity contribution in [2.45, 2.75) is 32.2 Å². The fraction of sp³-hybridized carbons (Fsp3) is 0.583. The summed E-state index contributed by atoms with van der Waals surface area (Å²) in [5.41, 5.74) is 1.64. The number of rotatable bonds is 3. The topological polar surface area (TPSA) is 55.7 Å². The van der Waals surface area contributed by atoms with Crippen LogP contribution in [0.1, 0.15) is 25.7 Å². The summed E-state index contributed by atoms with van der Waals surface area (Å²) >= 11 is 5.38. The Labute approximate surface area is 110 Å². The zero-order valence-corrected chi connectivity index (χ0v) is 11.2. The van der Waals surface area contributed by atoms with Gasteiger partial charge in [-0.2, -0.15) is 4.98 Å². The average molecular weight is 264 g/mol. The van der Waals surface area contributed by atoms with Crippen LogP contribution in [-0.2, 0) is 6.54 Å². The molecule has 0 aromatic carbocycles. The summed E-state index contributed by atoms with van der Waals surface area (Å²) in [5, 5.41) is 0. The van der Waals surface area contributed by atoms with E-state index in [2.05, 4.69) is 19.5 Å². The summed E-state index contributed by atoms with van der Waals surface area (Å²) in [5.74, 6) is 1.27. The summed E-state index contributed by atoms with van der Waals surface area (Å²) < 4.78 is 8.00. The molecule has 0 radical (unpaired) electrons. The van der Waals surface area contributed by atoms with Gasteiger partial charge in [0.25, 0.3) is 0 Å². The molecule has 0 bridgehead atoms. The minimum Gasteiger partial charge on any atom is -0.479 e. The van der Waals surface area contributed by atoms with Gasteiger partial charge in [0.1, 0.15) is 11.8 Å². The molecule has 0 aliphatic heterocycles. The van der Waals surface area contributed by atoms with Crippen LogP contribution in [0, 0.1) is 10.7 Å². The molecule has 1 aliphatic carbocycles. The number of H-pyrrole nitrogens is 1. The molecule has 3 rings (SSSR count). The highest BCUT2D eigenvalue weighted by Crippen LogP contribution is 2.28. The Morgan fingerprint density at radius 1 is 1.44 bits per heavy atom. The van der Waals surface area contributed by atoms with Gasteiger partial charge in [-0.3, -0.25) is 0 Å². The monoisotopic (exact) mass is 264 g/mol. The van der Waals surface area contributed by atoms with E-state index in [-0.39, 0.29) is 0 Å². The molecule has 96 valence electrons. The van der Waals surface area contributed by atoms with Crippen molar-refractivity contribution in [2.75, 3.05) is 7.11 Å². The van der Waals surface area contributed by atoms with E-state index < -0.39 is 0 Å². The number of fused-ring (bicyclic) bond motifs is 1. The molecule has 2 aromatic heterocycles. The van der Waals surface area contributed by atoms with Crippen LogP contribution < -0.4 is 4.74 Å². The van der Waals surface area contributed by atoms with Gasteiger partial charge in [-0.15, -0.1) is 0 Å². The van der Waals surface area contributed by atoms with Gasteiger partial charge < -0.3 is 14.3 Å². The molecule has 0 atom stereocenters. The van der Waals surface area contributed by atoms with E-state index in [0.717, 1.165) is 23.6 Å². The Bertz CT molecular complexity index is 612. The fourth-order valence-corrected chi connectivity index (χ4v) is 2.98.